The Balaban J connectivity index is 0.00000289. The van der Waals surface area contributed by atoms with Gasteiger partial charge in [-0.1, -0.05) is 6.92 Å². The molecule has 2 N–H and O–H groups in total. The average Bonchev–Trinajstić information content (AvgIpc) is 3.44. The number of halogens is 1. The van der Waals surface area contributed by atoms with Crippen molar-refractivity contribution < 1.29 is 24.4 Å². The van der Waals surface area contributed by atoms with Gasteiger partial charge in [-0.25, -0.2) is 14.8 Å². The molecule has 4 aliphatic rings. The van der Waals surface area contributed by atoms with E-state index in [1.54, 1.807) is 30.8 Å². The minimum absolute atomic E-state index is 0. The van der Waals surface area contributed by atoms with Crippen LogP contribution < -0.4 is 5.32 Å². The topological polar surface area (TPSA) is 128 Å². The van der Waals surface area contributed by atoms with Crippen molar-refractivity contribution in [2.75, 3.05) is 26.4 Å². The molecule has 11 nitrogen and oxygen atoms in total. The summed E-state index contributed by atoms with van der Waals surface area (Å²) in [7, 11) is 0. The molecule has 4 heterocycles. The van der Waals surface area contributed by atoms with E-state index in [1.165, 1.54) is 17.0 Å². The highest BCUT2D eigenvalue weighted by molar-refractivity contribution is 8.03. The van der Waals surface area contributed by atoms with E-state index in [9.17, 15) is 24.8 Å². The largest absolute Gasteiger partial charge is 0.456 e. The Hall–Kier alpha value is -2.22. The van der Waals surface area contributed by atoms with Crippen LogP contribution in [0.2, 0.25) is 0 Å². The van der Waals surface area contributed by atoms with Crippen molar-refractivity contribution in [3.63, 3.8) is 0 Å². The SMILES string of the molecule is C[C@@H](O)[C@H]1C(=O)N2C(C(=O)OCc3ccc([N+](=O)[O-])cc3)=C(SC3CN4CNCN4C3)[C@H](C)[C@H]12.Cl. The first kappa shape index (κ1) is 25.9. The molecule has 4 atom stereocenters. The summed E-state index contributed by atoms with van der Waals surface area (Å²) in [4.78, 5) is 38.8. The van der Waals surface area contributed by atoms with Crippen LogP contribution in [0.5, 0.6) is 0 Å². The summed E-state index contributed by atoms with van der Waals surface area (Å²) < 4.78 is 5.56. The van der Waals surface area contributed by atoms with E-state index < -0.39 is 22.9 Å². The summed E-state index contributed by atoms with van der Waals surface area (Å²) in [5.41, 5.74) is 0.846. The van der Waals surface area contributed by atoms with Crippen LogP contribution in [-0.4, -0.2) is 80.6 Å². The highest BCUT2D eigenvalue weighted by Crippen LogP contribution is 2.52. The van der Waals surface area contributed by atoms with Gasteiger partial charge >= 0.3 is 5.97 Å². The highest BCUT2D eigenvalue weighted by Gasteiger charge is 2.60. The van der Waals surface area contributed by atoms with Crippen LogP contribution in [0.15, 0.2) is 34.9 Å². The van der Waals surface area contributed by atoms with Crippen LogP contribution >= 0.6 is 24.2 Å². The number of amides is 1. The van der Waals surface area contributed by atoms with E-state index in [2.05, 4.69) is 15.3 Å². The van der Waals surface area contributed by atoms with E-state index in [4.69, 9.17) is 4.74 Å². The van der Waals surface area contributed by atoms with Gasteiger partial charge in [-0.05, 0) is 24.6 Å². The molecule has 5 rings (SSSR count). The average molecular weight is 526 g/mol. The summed E-state index contributed by atoms with van der Waals surface area (Å²) in [6, 6.07) is 5.55. The quantitative estimate of drug-likeness (QED) is 0.232. The van der Waals surface area contributed by atoms with Gasteiger partial charge in [0.15, 0.2) is 0 Å². The molecular weight excluding hydrogens is 498 g/mol. The number of esters is 1. The Morgan fingerprint density at radius 3 is 2.49 bits per heavy atom. The van der Waals surface area contributed by atoms with Crippen LogP contribution in [0.1, 0.15) is 19.4 Å². The van der Waals surface area contributed by atoms with Crippen molar-refractivity contribution >= 4 is 41.7 Å². The number of β-lactam (4-membered cyclic amide) rings is 1. The van der Waals surface area contributed by atoms with E-state index in [1.807, 2.05) is 6.92 Å². The predicted octanol–water partition coefficient (Wildman–Crippen LogP) is 1.28. The Kier molecular flexibility index (Phi) is 7.41. The third kappa shape index (κ3) is 4.54. The molecule has 0 aromatic heterocycles. The van der Waals surface area contributed by atoms with Gasteiger partial charge in [0.25, 0.3) is 5.69 Å². The first-order valence-corrected chi connectivity index (χ1v) is 12.2. The molecule has 0 spiro atoms. The lowest BCUT2D eigenvalue weighted by molar-refractivity contribution is -0.384. The van der Waals surface area contributed by atoms with E-state index in [0.29, 0.717) is 5.56 Å². The second kappa shape index (κ2) is 10.0. The molecular formula is C22H28ClN5O6S. The van der Waals surface area contributed by atoms with Crippen molar-refractivity contribution in [1.82, 2.24) is 20.2 Å². The Morgan fingerprint density at radius 2 is 1.91 bits per heavy atom. The second-order valence-corrected chi connectivity index (χ2v) is 10.5. The predicted molar refractivity (Wildman–Crippen MR) is 130 cm³/mol. The summed E-state index contributed by atoms with van der Waals surface area (Å²) in [5.74, 6) is -1.48. The summed E-state index contributed by atoms with van der Waals surface area (Å²) in [6.07, 6.45) is -0.799. The normalized spacial score (nSPS) is 27.3. The Morgan fingerprint density at radius 1 is 1.29 bits per heavy atom. The summed E-state index contributed by atoms with van der Waals surface area (Å²) in [5, 5.41) is 29.0. The molecule has 13 heteroatoms. The zero-order chi connectivity index (χ0) is 24.1. The number of thioether (sulfide) groups is 1. The first-order chi connectivity index (χ1) is 16.3. The molecule has 4 aliphatic heterocycles. The molecule has 3 fully saturated rings. The van der Waals surface area contributed by atoms with Crippen LogP contribution in [-0.2, 0) is 20.9 Å². The lowest BCUT2D eigenvalue weighted by atomic mass is 9.79. The number of ether oxygens (including phenoxy) is 1. The minimum atomic E-state index is -0.799. The number of carbonyl (C=O) groups excluding carboxylic acids is 2. The molecule has 35 heavy (non-hydrogen) atoms. The fourth-order valence-corrected chi connectivity index (χ4v) is 6.75. The molecule has 0 radical (unpaired) electrons. The number of nitrogens with zero attached hydrogens (tertiary/aromatic N) is 4. The number of rotatable bonds is 7. The van der Waals surface area contributed by atoms with Crippen LogP contribution in [0.25, 0.3) is 0 Å². The van der Waals surface area contributed by atoms with Gasteiger partial charge in [-0.3, -0.25) is 20.2 Å². The van der Waals surface area contributed by atoms with E-state index in [0.717, 1.165) is 31.3 Å². The number of non-ortho nitro benzene ring substituents is 1. The van der Waals surface area contributed by atoms with Gasteiger partial charge in [0.1, 0.15) is 12.3 Å². The van der Waals surface area contributed by atoms with Gasteiger partial charge in [0.05, 0.1) is 36.3 Å². The number of nitrogens with one attached hydrogen (secondary N) is 1. The number of hydrazine groups is 1. The molecule has 1 amide bonds. The first-order valence-electron chi connectivity index (χ1n) is 11.3. The van der Waals surface area contributed by atoms with Crippen LogP contribution in [0, 0.1) is 22.0 Å². The van der Waals surface area contributed by atoms with E-state index in [-0.39, 0.29) is 53.5 Å². The van der Waals surface area contributed by atoms with Gasteiger partial charge < -0.3 is 14.7 Å². The number of aliphatic hydroxyl groups excluding tert-OH is 1. The van der Waals surface area contributed by atoms with Crippen molar-refractivity contribution in [3.05, 3.63) is 50.5 Å². The number of aliphatic hydroxyl groups is 1. The number of fused-ring (bicyclic) bond motifs is 2. The second-order valence-electron chi connectivity index (χ2n) is 9.15. The van der Waals surface area contributed by atoms with Crippen LogP contribution in [0.3, 0.4) is 0 Å². The molecule has 1 aromatic carbocycles. The molecule has 190 valence electrons. The lowest BCUT2D eigenvalue weighted by Crippen LogP contribution is -2.63. The maximum Gasteiger partial charge on any atom is 0.356 e. The monoisotopic (exact) mass is 525 g/mol. The number of hydrogen-bond acceptors (Lipinski definition) is 10. The maximum absolute atomic E-state index is 13.2. The number of nitro groups is 1. The smallest absolute Gasteiger partial charge is 0.356 e. The fraction of sp³-hybridized carbons (Fsp3) is 0.545. The van der Waals surface area contributed by atoms with Crippen molar-refractivity contribution in [3.8, 4) is 0 Å². The van der Waals surface area contributed by atoms with Crippen molar-refractivity contribution in [2.24, 2.45) is 11.8 Å². The number of hydrogen-bond donors (Lipinski definition) is 2. The number of benzene rings is 1. The highest BCUT2D eigenvalue weighted by atomic mass is 35.5. The Labute approximate surface area is 213 Å². The number of carbonyl (C=O) groups is 2. The zero-order valence-electron chi connectivity index (χ0n) is 19.3. The van der Waals surface area contributed by atoms with Gasteiger partial charge in [-0.2, -0.15) is 0 Å². The molecule has 1 aromatic rings. The van der Waals surface area contributed by atoms with Crippen LogP contribution in [0.4, 0.5) is 5.69 Å². The maximum atomic E-state index is 13.2. The van der Waals surface area contributed by atoms with Gasteiger partial charge in [0.2, 0.25) is 5.91 Å². The minimum Gasteiger partial charge on any atom is -0.456 e. The van der Waals surface area contributed by atoms with Crippen molar-refractivity contribution in [2.45, 2.75) is 37.9 Å². The molecule has 0 bridgehead atoms. The van der Waals surface area contributed by atoms with Gasteiger partial charge in [-0.15, -0.1) is 24.2 Å². The third-order valence-electron chi connectivity index (χ3n) is 6.93. The molecule has 0 unspecified atom stereocenters. The Bertz CT molecular complexity index is 1040. The zero-order valence-corrected chi connectivity index (χ0v) is 21.0. The molecule has 0 aliphatic carbocycles. The third-order valence-corrected chi connectivity index (χ3v) is 8.38. The molecule has 0 saturated carbocycles. The molecule has 3 saturated heterocycles. The van der Waals surface area contributed by atoms with Gasteiger partial charge in [0, 0.05) is 41.3 Å². The van der Waals surface area contributed by atoms with E-state index >= 15 is 0 Å². The fourth-order valence-electron chi connectivity index (χ4n) is 5.25. The summed E-state index contributed by atoms with van der Waals surface area (Å²) in [6.45, 7) is 6.83. The van der Waals surface area contributed by atoms with Crippen molar-refractivity contribution in [1.29, 1.82) is 0 Å². The number of nitro benzene ring substituents is 1. The standard InChI is InChI=1S/C22H27N5O6S.ClH/c1-12-18-17(13(2)28)21(29)26(18)19(20(12)34-16-7-24-10-23-11-25(24)8-16)22(30)33-9-14-3-5-15(6-4-14)27(31)32;/h3-6,12-13,16-18,23,28H,7-11H2,1-2H3;1H/t12-,13-,17-,18-;/m1./s1. The lowest BCUT2D eigenvalue weighted by Gasteiger charge is -2.46. The summed E-state index contributed by atoms with van der Waals surface area (Å²) >= 11 is 1.62.